The van der Waals surface area contributed by atoms with Crippen LogP contribution >= 0.6 is 0 Å². The lowest BCUT2D eigenvalue weighted by molar-refractivity contribution is 0.106. The smallest absolute Gasteiger partial charge is 0.143 e. The average molecular weight is 230 g/mol. The van der Waals surface area contributed by atoms with E-state index >= 15 is 0 Å². The summed E-state index contributed by atoms with van der Waals surface area (Å²) < 4.78 is 5.94. The summed E-state index contributed by atoms with van der Waals surface area (Å²) in [4.78, 5) is 4.26. The van der Waals surface area contributed by atoms with Gasteiger partial charge in [-0.05, 0) is 44.5 Å². The Balaban J connectivity index is 2.46. The van der Waals surface area contributed by atoms with Crippen molar-refractivity contribution < 1.29 is 4.74 Å². The molecule has 0 unspecified atom stereocenters. The van der Waals surface area contributed by atoms with Gasteiger partial charge in [-0.2, -0.15) is 0 Å². The van der Waals surface area contributed by atoms with Gasteiger partial charge in [0.15, 0.2) is 0 Å². The maximum absolute atomic E-state index is 6.12. The van der Waals surface area contributed by atoms with E-state index in [4.69, 9.17) is 10.5 Å². The van der Waals surface area contributed by atoms with Crippen molar-refractivity contribution in [1.29, 1.82) is 0 Å². The molecule has 2 aromatic rings. The van der Waals surface area contributed by atoms with Gasteiger partial charge in [0.25, 0.3) is 0 Å². The Kier molecular flexibility index (Phi) is 2.92. The van der Waals surface area contributed by atoms with Crippen molar-refractivity contribution >= 4 is 16.6 Å². The first kappa shape index (κ1) is 11.7. The summed E-state index contributed by atoms with van der Waals surface area (Å²) in [7, 11) is 0. The van der Waals surface area contributed by atoms with E-state index < -0.39 is 0 Å². The number of benzene rings is 1. The second-order valence-electron chi connectivity index (χ2n) is 4.76. The van der Waals surface area contributed by atoms with Gasteiger partial charge in [-0.1, -0.05) is 6.92 Å². The lowest BCUT2D eigenvalue weighted by atomic mass is 10.1. The van der Waals surface area contributed by atoms with E-state index in [1.165, 1.54) is 0 Å². The quantitative estimate of drug-likeness (QED) is 0.822. The van der Waals surface area contributed by atoms with Crippen LogP contribution in [0.1, 0.15) is 27.2 Å². The minimum Gasteiger partial charge on any atom is -0.486 e. The first-order chi connectivity index (χ1) is 8.03. The van der Waals surface area contributed by atoms with Crippen LogP contribution in [0.5, 0.6) is 5.75 Å². The highest BCUT2D eigenvalue weighted by atomic mass is 16.5. The SMILES string of the molecule is CCC(C)(C)Oc1ccc2ncccc2c1N. The molecule has 0 saturated carbocycles. The fourth-order valence-corrected chi connectivity index (χ4v) is 1.61. The molecule has 0 radical (unpaired) electrons. The summed E-state index contributed by atoms with van der Waals surface area (Å²) in [5.41, 5.74) is 7.47. The van der Waals surface area contributed by atoms with E-state index in [2.05, 4.69) is 25.8 Å². The molecule has 0 aliphatic heterocycles. The summed E-state index contributed by atoms with van der Waals surface area (Å²) in [6.45, 7) is 6.21. The molecule has 0 aliphatic carbocycles. The second-order valence-corrected chi connectivity index (χ2v) is 4.76. The number of nitrogens with zero attached hydrogens (tertiary/aromatic N) is 1. The molecular formula is C14H18N2O. The lowest BCUT2D eigenvalue weighted by Gasteiger charge is -2.26. The molecule has 1 aromatic heterocycles. The molecule has 2 rings (SSSR count). The number of rotatable bonds is 3. The summed E-state index contributed by atoms with van der Waals surface area (Å²) in [5.74, 6) is 0.734. The monoisotopic (exact) mass is 230 g/mol. The van der Waals surface area contributed by atoms with E-state index in [9.17, 15) is 0 Å². The van der Waals surface area contributed by atoms with Crippen LogP contribution in [0.15, 0.2) is 30.5 Å². The molecule has 3 nitrogen and oxygen atoms in total. The zero-order chi connectivity index (χ0) is 12.5. The van der Waals surface area contributed by atoms with Gasteiger partial charge in [-0.3, -0.25) is 4.98 Å². The Morgan fingerprint density at radius 1 is 1.29 bits per heavy atom. The van der Waals surface area contributed by atoms with Crippen molar-refractivity contribution in [3.05, 3.63) is 30.5 Å². The first-order valence-corrected chi connectivity index (χ1v) is 5.86. The van der Waals surface area contributed by atoms with Crippen molar-refractivity contribution in [3.63, 3.8) is 0 Å². The standard InChI is InChI=1S/C14H18N2O/c1-4-14(2,3)17-12-8-7-11-10(13(12)15)6-5-9-16-11/h5-9H,4,15H2,1-3H3. The second kappa shape index (κ2) is 4.24. The topological polar surface area (TPSA) is 48.1 Å². The minimum absolute atomic E-state index is 0.204. The predicted octanol–water partition coefficient (Wildman–Crippen LogP) is 3.38. The predicted molar refractivity (Wildman–Crippen MR) is 71.2 cm³/mol. The van der Waals surface area contributed by atoms with E-state index in [1.54, 1.807) is 6.20 Å². The summed E-state index contributed by atoms with van der Waals surface area (Å²) in [6, 6.07) is 7.67. The molecule has 0 bridgehead atoms. The molecule has 0 amide bonds. The number of nitrogen functional groups attached to an aromatic ring is 1. The maximum Gasteiger partial charge on any atom is 0.143 e. The Labute approximate surface area is 102 Å². The number of anilines is 1. The molecule has 2 N–H and O–H groups in total. The molecule has 0 aliphatic rings. The molecule has 1 heterocycles. The molecule has 3 heteroatoms. The Bertz CT molecular complexity index is 535. The van der Waals surface area contributed by atoms with Gasteiger partial charge in [0.05, 0.1) is 11.2 Å². The average Bonchev–Trinajstić information content (AvgIpc) is 2.33. The van der Waals surface area contributed by atoms with Crippen LogP contribution in [0.4, 0.5) is 5.69 Å². The molecule has 1 aromatic carbocycles. The number of aromatic nitrogens is 1. The third kappa shape index (κ3) is 2.33. The van der Waals surface area contributed by atoms with Crippen LogP contribution in [0, 0.1) is 0 Å². The van der Waals surface area contributed by atoms with E-state index in [0.29, 0.717) is 5.69 Å². The lowest BCUT2D eigenvalue weighted by Crippen LogP contribution is -2.27. The fourth-order valence-electron chi connectivity index (χ4n) is 1.61. The van der Waals surface area contributed by atoms with Crippen molar-refractivity contribution in [1.82, 2.24) is 4.98 Å². The van der Waals surface area contributed by atoms with Gasteiger partial charge < -0.3 is 10.5 Å². The first-order valence-electron chi connectivity index (χ1n) is 5.86. The summed E-state index contributed by atoms with van der Waals surface area (Å²) >= 11 is 0. The Morgan fingerprint density at radius 3 is 2.76 bits per heavy atom. The van der Waals surface area contributed by atoms with Gasteiger partial charge >= 0.3 is 0 Å². The number of ether oxygens (including phenoxy) is 1. The van der Waals surface area contributed by atoms with Crippen LogP contribution in [0.2, 0.25) is 0 Å². The molecule has 90 valence electrons. The molecule has 0 fully saturated rings. The molecule has 17 heavy (non-hydrogen) atoms. The minimum atomic E-state index is -0.204. The molecule has 0 atom stereocenters. The summed E-state index contributed by atoms with van der Waals surface area (Å²) in [5, 5.41) is 0.942. The van der Waals surface area contributed by atoms with Crippen LogP contribution in [-0.2, 0) is 0 Å². The van der Waals surface area contributed by atoms with Gasteiger partial charge in [-0.15, -0.1) is 0 Å². The van der Waals surface area contributed by atoms with Crippen molar-refractivity contribution in [2.24, 2.45) is 0 Å². The molecular weight excluding hydrogens is 212 g/mol. The van der Waals surface area contributed by atoms with Gasteiger partial charge in [-0.25, -0.2) is 0 Å². The van der Waals surface area contributed by atoms with Crippen LogP contribution in [0.25, 0.3) is 10.9 Å². The number of hydrogen-bond acceptors (Lipinski definition) is 3. The maximum atomic E-state index is 6.12. The highest BCUT2D eigenvalue weighted by molar-refractivity contribution is 5.93. The number of pyridine rings is 1. The summed E-state index contributed by atoms with van der Waals surface area (Å²) in [6.07, 6.45) is 2.69. The van der Waals surface area contributed by atoms with Crippen molar-refractivity contribution in [2.75, 3.05) is 5.73 Å². The van der Waals surface area contributed by atoms with Crippen LogP contribution in [-0.4, -0.2) is 10.6 Å². The molecule has 0 spiro atoms. The third-order valence-electron chi connectivity index (χ3n) is 3.02. The van der Waals surface area contributed by atoms with Crippen LogP contribution < -0.4 is 10.5 Å². The third-order valence-corrected chi connectivity index (χ3v) is 3.02. The van der Waals surface area contributed by atoms with E-state index in [1.807, 2.05) is 24.3 Å². The number of fused-ring (bicyclic) bond motifs is 1. The highest BCUT2D eigenvalue weighted by Crippen LogP contribution is 2.32. The Morgan fingerprint density at radius 2 is 2.06 bits per heavy atom. The fraction of sp³-hybridized carbons (Fsp3) is 0.357. The van der Waals surface area contributed by atoms with Crippen molar-refractivity contribution in [2.45, 2.75) is 32.8 Å². The van der Waals surface area contributed by atoms with Gasteiger partial charge in [0.2, 0.25) is 0 Å². The zero-order valence-electron chi connectivity index (χ0n) is 10.5. The Hall–Kier alpha value is -1.77. The number of hydrogen-bond donors (Lipinski definition) is 1. The highest BCUT2D eigenvalue weighted by Gasteiger charge is 2.18. The largest absolute Gasteiger partial charge is 0.486 e. The van der Waals surface area contributed by atoms with Crippen LogP contribution in [0.3, 0.4) is 0 Å². The van der Waals surface area contributed by atoms with Gasteiger partial charge in [0, 0.05) is 11.6 Å². The van der Waals surface area contributed by atoms with E-state index in [-0.39, 0.29) is 5.60 Å². The van der Waals surface area contributed by atoms with Crippen molar-refractivity contribution in [3.8, 4) is 5.75 Å². The number of nitrogens with two attached hydrogens (primary N) is 1. The normalized spacial score (nSPS) is 11.7. The van der Waals surface area contributed by atoms with Gasteiger partial charge in [0.1, 0.15) is 11.4 Å². The van der Waals surface area contributed by atoms with E-state index in [0.717, 1.165) is 23.1 Å². The molecule has 0 saturated heterocycles. The zero-order valence-corrected chi connectivity index (χ0v) is 10.5.